The Hall–Kier alpha value is -3.64. The fourth-order valence-corrected chi connectivity index (χ4v) is 5.52. The molecule has 4 N–H and O–H groups in total. The summed E-state index contributed by atoms with van der Waals surface area (Å²) in [5.74, 6) is 1.30. The second-order valence-corrected chi connectivity index (χ2v) is 10.9. The maximum atomic E-state index is 12.8. The minimum atomic E-state index is -2.25. The lowest BCUT2D eigenvalue weighted by Gasteiger charge is -2.32. The summed E-state index contributed by atoms with van der Waals surface area (Å²) in [5.41, 5.74) is -1.23. The third-order valence-electron chi connectivity index (χ3n) is 6.81. The van der Waals surface area contributed by atoms with Crippen LogP contribution in [-0.2, 0) is 26.3 Å². The largest absolute Gasteiger partial charge is 0.479 e. The molecule has 41 heavy (non-hydrogen) atoms. The first-order chi connectivity index (χ1) is 19.6. The number of anilines is 1. The van der Waals surface area contributed by atoms with Gasteiger partial charge in [0.1, 0.15) is 12.2 Å². The molecule has 1 aliphatic heterocycles. The number of hydrogen-bond donors (Lipinski definition) is 4. The third kappa shape index (κ3) is 5.26. The highest BCUT2D eigenvalue weighted by Crippen LogP contribution is 2.40. The van der Waals surface area contributed by atoms with Gasteiger partial charge in [0.15, 0.2) is 28.8 Å². The average Bonchev–Trinajstić information content (AvgIpc) is 3.67. The molecule has 214 valence electrons. The molecule has 1 saturated heterocycles. The lowest BCUT2D eigenvalue weighted by molar-refractivity contribution is -0.179. The zero-order valence-electron chi connectivity index (χ0n) is 22.0. The number of carboxylic acids is 1. The number of carboxylic acid groups (broad SMARTS) is 1. The van der Waals surface area contributed by atoms with E-state index in [-0.39, 0.29) is 29.1 Å². The Bertz CT molecular complexity index is 1580. The molecule has 1 aliphatic rings. The number of ether oxygens (including phenoxy) is 2. The maximum absolute atomic E-state index is 12.8. The number of imidazole rings is 1. The second kappa shape index (κ2) is 11.3. The Kier molecular flexibility index (Phi) is 7.97. The Morgan fingerprint density at radius 3 is 2.73 bits per heavy atom. The zero-order valence-corrected chi connectivity index (χ0v) is 23.6. The quantitative estimate of drug-likeness (QED) is 0.157. The molecule has 12 nitrogen and oxygen atoms in total. The minimum Gasteiger partial charge on any atom is -0.479 e. The molecule has 0 saturated carbocycles. The van der Waals surface area contributed by atoms with Crippen molar-refractivity contribution in [3.63, 3.8) is 0 Å². The smallest absolute Gasteiger partial charge is 0.342 e. The number of terminal acetylenes is 1. The van der Waals surface area contributed by atoms with Crippen LogP contribution in [0.25, 0.3) is 11.2 Å². The van der Waals surface area contributed by atoms with E-state index in [1.807, 2.05) is 19.9 Å². The van der Waals surface area contributed by atoms with Crippen LogP contribution in [0.4, 0.5) is 5.82 Å². The van der Waals surface area contributed by atoms with E-state index in [2.05, 4.69) is 31.2 Å². The van der Waals surface area contributed by atoms with Gasteiger partial charge < -0.3 is 30.1 Å². The third-order valence-corrected chi connectivity index (χ3v) is 7.56. The Morgan fingerprint density at radius 2 is 2.10 bits per heavy atom. The van der Waals surface area contributed by atoms with Crippen molar-refractivity contribution >= 4 is 45.9 Å². The molecule has 1 aromatic carbocycles. The number of fused-ring (bicyclic) bond motifs is 1. The molecule has 4 aromatic rings. The van der Waals surface area contributed by atoms with Gasteiger partial charge in [-0.25, -0.2) is 14.8 Å². The molecule has 0 amide bonds. The molecule has 0 aliphatic carbocycles. The van der Waals surface area contributed by atoms with Crippen LogP contribution < -0.4 is 5.32 Å². The minimum absolute atomic E-state index is 0.0128. The van der Waals surface area contributed by atoms with Crippen molar-refractivity contribution in [3.8, 4) is 12.3 Å². The number of aromatic nitrogens is 5. The van der Waals surface area contributed by atoms with Crippen molar-refractivity contribution in [2.45, 2.75) is 55.9 Å². The van der Waals surface area contributed by atoms with E-state index in [1.54, 1.807) is 29.6 Å². The number of benzene rings is 1. The van der Waals surface area contributed by atoms with E-state index in [0.29, 0.717) is 16.9 Å². The Balaban J connectivity index is 1.48. The van der Waals surface area contributed by atoms with E-state index in [4.69, 9.17) is 27.5 Å². The number of aliphatic hydroxyl groups is 2. The average molecular weight is 599 g/mol. The molecule has 14 heteroatoms. The summed E-state index contributed by atoms with van der Waals surface area (Å²) < 4.78 is 13.5. The van der Waals surface area contributed by atoms with Crippen LogP contribution in [0, 0.1) is 12.3 Å². The highest BCUT2D eigenvalue weighted by Gasteiger charge is 2.57. The number of carbonyl (C=O) groups is 1. The summed E-state index contributed by atoms with van der Waals surface area (Å²) in [6.45, 7) is 3.34. The van der Waals surface area contributed by atoms with Gasteiger partial charge in [-0.05, 0) is 31.0 Å². The molecule has 3 aromatic heterocycles. The topological polar surface area (TPSA) is 165 Å². The first-order valence-corrected chi connectivity index (χ1v) is 13.9. The predicted octanol–water partition coefficient (Wildman–Crippen LogP) is 2.62. The molecule has 5 rings (SSSR count). The summed E-state index contributed by atoms with van der Waals surface area (Å²) >= 11 is 7.38. The number of rotatable bonds is 10. The van der Waals surface area contributed by atoms with Gasteiger partial charge in [-0.2, -0.15) is 9.97 Å². The lowest BCUT2D eigenvalue weighted by Crippen LogP contribution is -2.50. The fourth-order valence-electron chi connectivity index (χ4n) is 4.74. The van der Waals surface area contributed by atoms with E-state index in [9.17, 15) is 20.1 Å². The number of aliphatic carboxylic acids is 1. The number of hydrogen-bond acceptors (Lipinski definition) is 11. The standard InChI is InChI=1S/C27H27ClN6O6S/c1-4-26(38)18(11-39-27(24(36)37,17-12-41-14-30-17)10-16-8-6-5-7-9-16)40-23(20(26)35)34-13-29-19-21(31-15(2)3)32-25(28)33-22(19)34/h1,5-9,12-15,18,20,23,35,38H,10-11H2,2-3H3,(H,36,37)(H,31,32,33)/t18-,20+,23-,26-,27+/m1/s1. The molecule has 0 unspecified atom stereocenters. The van der Waals surface area contributed by atoms with Crippen LogP contribution >= 0.6 is 22.9 Å². The van der Waals surface area contributed by atoms with E-state index >= 15 is 0 Å². The molecule has 1 fully saturated rings. The van der Waals surface area contributed by atoms with Crippen molar-refractivity contribution in [1.29, 1.82) is 0 Å². The van der Waals surface area contributed by atoms with Gasteiger partial charge in [-0.3, -0.25) is 4.57 Å². The molecule has 5 atom stereocenters. The van der Waals surface area contributed by atoms with Gasteiger partial charge in [0.05, 0.1) is 24.1 Å². The Morgan fingerprint density at radius 1 is 1.34 bits per heavy atom. The van der Waals surface area contributed by atoms with Crippen molar-refractivity contribution in [2.24, 2.45) is 0 Å². The molecule has 0 radical (unpaired) electrons. The number of nitrogens with zero attached hydrogens (tertiary/aromatic N) is 5. The summed E-state index contributed by atoms with van der Waals surface area (Å²) in [6, 6.07) is 8.95. The van der Waals surface area contributed by atoms with Crippen molar-refractivity contribution < 1.29 is 29.6 Å². The van der Waals surface area contributed by atoms with Crippen LogP contribution in [-0.4, -0.2) is 76.2 Å². The monoisotopic (exact) mass is 598 g/mol. The van der Waals surface area contributed by atoms with E-state index < -0.39 is 42.2 Å². The number of halogens is 1. The van der Waals surface area contributed by atoms with Gasteiger partial charge >= 0.3 is 5.97 Å². The van der Waals surface area contributed by atoms with Crippen molar-refractivity contribution in [2.75, 3.05) is 11.9 Å². The number of aliphatic hydroxyl groups excluding tert-OH is 1. The van der Waals surface area contributed by atoms with Crippen LogP contribution in [0.1, 0.15) is 31.3 Å². The predicted molar refractivity (Wildman–Crippen MR) is 150 cm³/mol. The first-order valence-electron chi connectivity index (χ1n) is 12.6. The van der Waals surface area contributed by atoms with Crippen molar-refractivity contribution in [3.05, 3.63) is 64.1 Å². The van der Waals surface area contributed by atoms with E-state index in [0.717, 1.165) is 0 Å². The van der Waals surface area contributed by atoms with E-state index in [1.165, 1.54) is 27.7 Å². The molecular formula is C27H27ClN6O6S. The molecule has 4 heterocycles. The van der Waals surface area contributed by atoms with Gasteiger partial charge in [-0.1, -0.05) is 36.3 Å². The highest BCUT2D eigenvalue weighted by molar-refractivity contribution is 7.07. The van der Waals surface area contributed by atoms with Crippen LogP contribution in [0.3, 0.4) is 0 Å². The SMILES string of the molecule is C#C[C@@]1(O)[C@@H](CO[C@](Cc2ccccc2)(C(=O)O)c2cscn2)O[C@@H](n2cnc3c(NC(C)C)nc(Cl)nc32)[C@@H]1O. The molecular weight excluding hydrogens is 572 g/mol. The zero-order chi connectivity index (χ0) is 29.4. The van der Waals surface area contributed by atoms with Crippen molar-refractivity contribution in [1.82, 2.24) is 24.5 Å². The normalized spacial score (nSPS) is 23.9. The Labute approximate surface area is 244 Å². The summed E-state index contributed by atoms with van der Waals surface area (Å²) in [6.07, 6.45) is 2.72. The van der Waals surface area contributed by atoms with Crippen LogP contribution in [0.2, 0.25) is 5.28 Å². The molecule has 0 bridgehead atoms. The lowest BCUT2D eigenvalue weighted by atomic mass is 9.90. The first kappa shape index (κ1) is 28.9. The second-order valence-electron chi connectivity index (χ2n) is 9.87. The number of thiazole rings is 1. The maximum Gasteiger partial charge on any atom is 0.342 e. The van der Waals surface area contributed by atoms with Crippen LogP contribution in [0.5, 0.6) is 0 Å². The number of nitrogens with one attached hydrogen (secondary N) is 1. The summed E-state index contributed by atoms with van der Waals surface area (Å²) in [4.78, 5) is 29.8. The highest BCUT2D eigenvalue weighted by atomic mass is 35.5. The van der Waals surface area contributed by atoms with Crippen LogP contribution in [0.15, 0.2) is 47.5 Å². The van der Waals surface area contributed by atoms with Gasteiger partial charge in [0.25, 0.3) is 0 Å². The van der Waals surface area contributed by atoms with Gasteiger partial charge in [0.2, 0.25) is 10.9 Å². The fraction of sp³-hybridized carbons (Fsp3) is 0.370. The molecule has 0 spiro atoms. The van der Waals surface area contributed by atoms with Gasteiger partial charge in [0, 0.05) is 17.8 Å². The van der Waals surface area contributed by atoms with Gasteiger partial charge in [-0.15, -0.1) is 17.8 Å². The summed E-state index contributed by atoms with van der Waals surface area (Å²) in [5, 5.41) is 37.7. The summed E-state index contributed by atoms with van der Waals surface area (Å²) in [7, 11) is 0.